The Morgan fingerprint density at radius 3 is 2.74 bits per heavy atom. The fourth-order valence-electron chi connectivity index (χ4n) is 2.68. The maximum atomic E-state index is 13.4. The molecule has 19 heavy (non-hydrogen) atoms. The summed E-state index contributed by atoms with van der Waals surface area (Å²) in [4.78, 5) is 10.7. The monoisotopic (exact) mass is 265 g/mol. The summed E-state index contributed by atoms with van der Waals surface area (Å²) < 4.78 is 13.4. The van der Waals surface area contributed by atoms with Crippen molar-refractivity contribution in [1.29, 1.82) is 0 Å². The molecule has 4 heteroatoms. The van der Waals surface area contributed by atoms with Gasteiger partial charge in [-0.05, 0) is 36.6 Å². The third-order valence-corrected chi connectivity index (χ3v) is 3.80. The number of nitrogens with one attached hydrogen (secondary N) is 1. The lowest BCUT2D eigenvalue weighted by Crippen LogP contribution is -2.17. The first-order chi connectivity index (χ1) is 9.16. The highest BCUT2D eigenvalue weighted by Crippen LogP contribution is 2.26. The zero-order chi connectivity index (χ0) is 13.7. The zero-order valence-electron chi connectivity index (χ0n) is 11.0. The predicted octanol–water partition coefficient (Wildman–Crippen LogP) is 3.19. The molecule has 0 heterocycles. The lowest BCUT2D eigenvalue weighted by molar-refractivity contribution is 0.0692. The fraction of sp³-hybridized carbons (Fsp3) is 0.533. The van der Waals surface area contributed by atoms with Gasteiger partial charge in [0.1, 0.15) is 5.82 Å². The van der Waals surface area contributed by atoms with Crippen LogP contribution in [0.15, 0.2) is 18.2 Å². The molecule has 0 atom stereocenters. The second-order valence-electron chi connectivity index (χ2n) is 5.24. The van der Waals surface area contributed by atoms with Crippen molar-refractivity contribution in [2.45, 2.75) is 38.6 Å². The van der Waals surface area contributed by atoms with Crippen molar-refractivity contribution in [3.8, 4) is 0 Å². The van der Waals surface area contributed by atoms with Crippen LogP contribution in [0.5, 0.6) is 0 Å². The van der Waals surface area contributed by atoms with Gasteiger partial charge in [-0.1, -0.05) is 31.7 Å². The normalized spacial score (nSPS) is 15.8. The number of carboxylic acid groups (broad SMARTS) is 1. The van der Waals surface area contributed by atoms with Crippen LogP contribution >= 0.6 is 0 Å². The van der Waals surface area contributed by atoms with Gasteiger partial charge in [0.2, 0.25) is 0 Å². The van der Waals surface area contributed by atoms with Crippen LogP contribution < -0.4 is 5.32 Å². The van der Waals surface area contributed by atoms with E-state index < -0.39 is 11.8 Å². The number of benzene rings is 1. The second kappa shape index (κ2) is 6.66. The molecule has 0 amide bonds. The molecule has 1 aromatic carbocycles. The number of hydrogen-bond donors (Lipinski definition) is 2. The molecule has 0 radical (unpaired) electrons. The Morgan fingerprint density at radius 2 is 2.11 bits per heavy atom. The molecular formula is C15H20FNO2. The summed E-state index contributed by atoms with van der Waals surface area (Å²) in [6.45, 7) is 1.52. The molecule has 0 aliphatic heterocycles. The summed E-state index contributed by atoms with van der Waals surface area (Å²) in [5, 5.41) is 12.0. The van der Waals surface area contributed by atoms with Gasteiger partial charge in [-0.25, -0.2) is 9.18 Å². The van der Waals surface area contributed by atoms with E-state index in [9.17, 15) is 9.18 Å². The van der Waals surface area contributed by atoms with Crippen LogP contribution in [0.3, 0.4) is 0 Å². The molecule has 2 N–H and O–H groups in total. The largest absolute Gasteiger partial charge is 0.478 e. The summed E-state index contributed by atoms with van der Waals surface area (Å²) >= 11 is 0. The number of aromatic carboxylic acids is 1. The Labute approximate surface area is 112 Å². The summed E-state index contributed by atoms with van der Waals surface area (Å²) in [7, 11) is 0. The Kier molecular flexibility index (Phi) is 4.91. The summed E-state index contributed by atoms with van der Waals surface area (Å²) in [5.74, 6) is -1.04. The second-order valence-corrected chi connectivity index (χ2v) is 5.24. The predicted molar refractivity (Wildman–Crippen MR) is 71.6 cm³/mol. The van der Waals surface area contributed by atoms with Crippen LogP contribution in [0.1, 0.15) is 48.0 Å². The Bertz CT molecular complexity index is 442. The lowest BCUT2D eigenvalue weighted by Gasteiger charge is -2.10. The summed E-state index contributed by atoms with van der Waals surface area (Å²) in [5.41, 5.74) is 0.517. The number of carboxylic acids is 1. The Morgan fingerprint density at radius 1 is 1.37 bits per heavy atom. The van der Waals surface area contributed by atoms with E-state index in [1.54, 1.807) is 6.07 Å². The quantitative estimate of drug-likeness (QED) is 0.777. The van der Waals surface area contributed by atoms with E-state index in [1.165, 1.54) is 44.2 Å². The molecule has 0 bridgehead atoms. The molecule has 0 saturated heterocycles. The van der Waals surface area contributed by atoms with Gasteiger partial charge < -0.3 is 10.4 Å². The van der Waals surface area contributed by atoms with E-state index in [-0.39, 0.29) is 5.56 Å². The molecule has 104 valence electrons. The van der Waals surface area contributed by atoms with E-state index in [0.29, 0.717) is 6.54 Å². The third kappa shape index (κ3) is 4.03. The van der Waals surface area contributed by atoms with E-state index in [0.717, 1.165) is 18.0 Å². The van der Waals surface area contributed by atoms with Crippen LogP contribution in [0.25, 0.3) is 0 Å². The Hall–Kier alpha value is -1.42. The SMILES string of the molecule is O=C(O)c1ccc(CNCCC2CCCC2)cc1F. The van der Waals surface area contributed by atoms with Crippen molar-refractivity contribution in [2.24, 2.45) is 5.92 Å². The molecule has 1 aromatic rings. The molecule has 2 rings (SSSR count). The minimum Gasteiger partial charge on any atom is -0.478 e. The van der Waals surface area contributed by atoms with Crippen LogP contribution in [0, 0.1) is 11.7 Å². The maximum Gasteiger partial charge on any atom is 0.338 e. The molecule has 0 spiro atoms. The average Bonchev–Trinajstić information content (AvgIpc) is 2.87. The van der Waals surface area contributed by atoms with Crippen molar-refractivity contribution >= 4 is 5.97 Å². The van der Waals surface area contributed by atoms with Gasteiger partial charge in [0, 0.05) is 6.54 Å². The van der Waals surface area contributed by atoms with Gasteiger partial charge in [-0.15, -0.1) is 0 Å². The van der Waals surface area contributed by atoms with Crippen molar-refractivity contribution in [3.63, 3.8) is 0 Å². The van der Waals surface area contributed by atoms with Crippen molar-refractivity contribution in [1.82, 2.24) is 5.32 Å². The Balaban J connectivity index is 1.76. The molecule has 0 aromatic heterocycles. The number of rotatable bonds is 6. The molecule has 1 aliphatic rings. The highest BCUT2D eigenvalue weighted by Gasteiger charge is 2.14. The first-order valence-electron chi connectivity index (χ1n) is 6.89. The molecular weight excluding hydrogens is 245 g/mol. The third-order valence-electron chi connectivity index (χ3n) is 3.80. The summed E-state index contributed by atoms with van der Waals surface area (Å²) in [6.07, 6.45) is 6.56. The molecule has 3 nitrogen and oxygen atoms in total. The highest BCUT2D eigenvalue weighted by atomic mass is 19.1. The van der Waals surface area contributed by atoms with E-state index in [1.807, 2.05) is 0 Å². The molecule has 0 unspecified atom stereocenters. The number of halogens is 1. The topological polar surface area (TPSA) is 49.3 Å². The van der Waals surface area contributed by atoms with E-state index in [2.05, 4.69) is 5.32 Å². The van der Waals surface area contributed by atoms with E-state index >= 15 is 0 Å². The van der Waals surface area contributed by atoms with Gasteiger partial charge in [0.15, 0.2) is 0 Å². The number of hydrogen-bond acceptors (Lipinski definition) is 2. The molecule has 1 aliphatic carbocycles. The van der Waals surface area contributed by atoms with Crippen molar-refractivity contribution in [2.75, 3.05) is 6.54 Å². The molecule has 1 fully saturated rings. The minimum absolute atomic E-state index is 0.269. The fourth-order valence-corrected chi connectivity index (χ4v) is 2.68. The van der Waals surface area contributed by atoms with Gasteiger partial charge in [-0.3, -0.25) is 0 Å². The summed E-state index contributed by atoms with van der Waals surface area (Å²) in [6, 6.07) is 4.28. The number of carbonyl (C=O) groups is 1. The van der Waals surface area contributed by atoms with Gasteiger partial charge in [0.05, 0.1) is 5.56 Å². The van der Waals surface area contributed by atoms with E-state index in [4.69, 9.17) is 5.11 Å². The first kappa shape index (κ1) is 14.0. The van der Waals surface area contributed by atoms with Crippen molar-refractivity contribution < 1.29 is 14.3 Å². The van der Waals surface area contributed by atoms with Crippen LogP contribution in [-0.2, 0) is 6.54 Å². The van der Waals surface area contributed by atoms with Crippen LogP contribution in [0.2, 0.25) is 0 Å². The van der Waals surface area contributed by atoms with Crippen molar-refractivity contribution in [3.05, 3.63) is 35.1 Å². The zero-order valence-corrected chi connectivity index (χ0v) is 11.0. The highest BCUT2D eigenvalue weighted by molar-refractivity contribution is 5.87. The smallest absolute Gasteiger partial charge is 0.338 e. The van der Waals surface area contributed by atoms with Crippen LogP contribution in [0.4, 0.5) is 4.39 Å². The first-order valence-corrected chi connectivity index (χ1v) is 6.89. The van der Waals surface area contributed by atoms with Gasteiger partial charge >= 0.3 is 5.97 Å². The standard InChI is InChI=1S/C15H20FNO2/c16-14-9-12(5-6-13(14)15(18)19)10-17-8-7-11-3-1-2-4-11/h5-6,9,11,17H,1-4,7-8,10H2,(H,18,19). The lowest BCUT2D eigenvalue weighted by atomic mass is 10.0. The van der Waals surface area contributed by atoms with Crippen LogP contribution in [-0.4, -0.2) is 17.6 Å². The van der Waals surface area contributed by atoms with Gasteiger partial charge in [-0.2, -0.15) is 0 Å². The van der Waals surface area contributed by atoms with Gasteiger partial charge in [0.25, 0.3) is 0 Å². The maximum absolute atomic E-state index is 13.4. The molecule has 1 saturated carbocycles. The minimum atomic E-state index is -1.22. The average molecular weight is 265 g/mol.